The Balaban J connectivity index is 3.01. The summed E-state index contributed by atoms with van der Waals surface area (Å²) in [7, 11) is -3.48. The second kappa shape index (κ2) is 3.06. The maximum atomic E-state index is 11.0. The molecule has 0 amide bonds. The van der Waals surface area contributed by atoms with Crippen molar-refractivity contribution in [3.8, 4) is 0 Å². The van der Waals surface area contributed by atoms with E-state index in [2.05, 4.69) is 4.74 Å². The fourth-order valence-corrected chi connectivity index (χ4v) is 2.19. The van der Waals surface area contributed by atoms with Crippen molar-refractivity contribution in [1.82, 2.24) is 0 Å². The van der Waals surface area contributed by atoms with E-state index < -0.39 is 20.5 Å². The molecule has 66 valence electrons. The molecule has 0 aromatic carbocycles. The summed E-state index contributed by atoms with van der Waals surface area (Å²) < 4.78 is 26.1. The molecule has 1 heterocycles. The molecule has 0 aromatic rings. The van der Waals surface area contributed by atoms with Gasteiger partial charge in [-0.3, -0.25) is 9.59 Å². The summed E-state index contributed by atoms with van der Waals surface area (Å²) in [5.41, 5.74) is 0. The Labute approximate surface area is 68.9 Å². The summed E-state index contributed by atoms with van der Waals surface area (Å²) in [6, 6.07) is 0. The Morgan fingerprint density at radius 3 is 2.50 bits per heavy atom. The molecule has 0 bridgehead atoms. The molecular weight excluding hydrogens is 184 g/mol. The minimum atomic E-state index is -3.48. The average Bonchev–Trinajstić information content (AvgIpc) is 2.24. The van der Waals surface area contributed by atoms with E-state index in [9.17, 15) is 18.0 Å². The quantitative estimate of drug-likeness (QED) is 0.329. The van der Waals surface area contributed by atoms with Crippen molar-refractivity contribution in [3.63, 3.8) is 0 Å². The van der Waals surface area contributed by atoms with Crippen LogP contribution in [0.3, 0.4) is 0 Å². The van der Waals surface area contributed by atoms with E-state index in [0.29, 0.717) is 6.26 Å². The summed E-state index contributed by atoms with van der Waals surface area (Å²) in [4.78, 5) is 20.2. The van der Waals surface area contributed by atoms with E-state index in [1.165, 1.54) is 0 Å². The van der Waals surface area contributed by atoms with Crippen LogP contribution in [0.1, 0.15) is 6.42 Å². The second-order valence-corrected chi connectivity index (χ2v) is 4.28. The summed E-state index contributed by atoms with van der Waals surface area (Å²) in [6.45, 7) is 0.0636. The SMILES string of the molecule is O=CO/C=C1/C(=O)CCS1(=O)=O. The highest BCUT2D eigenvalue weighted by Crippen LogP contribution is 2.19. The molecule has 1 rings (SSSR count). The van der Waals surface area contributed by atoms with Crippen LogP contribution in [0.2, 0.25) is 0 Å². The number of ether oxygens (including phenoxy) is 1. The predicted octanol–water partition coefficient (Wildman–Crippen LogP) is -0.612. The summed E-state index contributed by atoms with van der Waals surface area (Å²) in [6.07, 6.45) is 0.647. The van der Waals surface area contributed by atoms with Crippen LogP contribution in [-0.4, -0.2) is 26.4 Å². The van der Waals surface area contributed by atoms with E-state index in [1.807, 2.05) is 0 Å². The van der Waals surface area contributed by atoms with Crippen LogP contribution in [0, 0.1) is 0 Å². The Hall–Kier alpha value is -1.17. The Morgan fingerprint density at radius 1 is 1.42 bits per heavy atom. The highest BCUT2D eigenvalue weighted by Gasteiger charge is 2.33. The normalized spacial score (nSPS) is 24.3. The van der Waals surface area contributed by atoms with Crippen LogP contribution in [0.25, 0.3) is 0 Å². The van der Waals surface area contributed by atoms with Gasteiger partial charge in [0.2, 0.25) is 0 Å². The fraction of sp³-hybridized carbons (Fsp3) is 0.333. The molecule has 12 heavy (non-hydrogen) atoms. The highest BCUT2D eigenvalue weighted by atomic mass is 32.2. The van der Waals surface area contributed by atoms with E-state index in [0.717, 1.165) is 0 Å². The number of allylic oxidation sites excluding steroid dienone is 1. The number of ketones is 1. The van der Waals surface area contributed by atoms with Gasteiger partial charge in [0.05, 0.1) is 5.75 Å². The summed E-state index contributed by atoms with van der Waals surface area (Å²) in [5, 5.41) is 0. The Bertz CT molecular complexity index is 337. The molecule has 0 aliphatic carbocycles. The molecule has 0 radical (unpaired) electrons. The molecule has 0 spiro atoms. The van der Waals surface area contributed by atoms with Gasteiger partial charge in [0.1, 0.15) is 11.2 Å². The van der Waals surface area contributed by atoms with Gasteiger partial charge >= 0.3 is 0 Å². The van der Waals surface area contributed by atoms with Crippen molar-refractivity contribution >= 4 is 22.1 Å². The molecule has 1 aliphatic heterocycles. The van der Waals surface area contributed by atoms with Crippen molar-refractivity contribution < 1.29 is 22.7 Å². The van der Waals surface area contributed by atoms with Crippen molar-refractivity contribution in [2.24, 2.45) is 0 Å². The number of Topliss-reactive ketones (excluding diaryl/α,β-unsaturated/α-hetero) is 1. The number of hydrogen-bond acceptors (Lipinski definition) is 5. The van der Waals surface area contributed by atoms with Gasteiger partial charge in [-0.25, -0.2) is 8.42 Å². The first-order valence-electron chi connectivity index (χ1n) is 3.13. The zero-order chi connectivity index (χ0) is 9.19. The molecular formula is C6H6O5S. The molecule has 6 heteroatoms. The maximum Gasteiger partial charge on any atom is 0.297 e. The molecule has 0 aromatic heterocycles. The van der Waals surface area contributed by atoms with Gasteiger partial charge in [0.15, 0.2) is 15.6 Å². The van der Waals surface area contributed by atoms with Crippen molar-refractivity contribution in [1.29, 1.82) is 0 Å². The zero-order valence-corrected chi connectivity index (χ0v) is 6.83. The van der Waals surface area contributed by atoms with Gasteiger partial charge in [0.25, 0.3) is 6.47 Å². The third-order valence-corrected chi connectivity index (χ3v) is 3.17. The highest BCUT2D eigenvalue weighted by molar-refractivity contribution is 7.96. The van der Waals surface area contributed by atoms with Crippen LogP contribution in [0.4, 0.5) is 0 Å². The first kappa shape index (κ1) is 8.92. The van der Waals surface area contributed by atoms with E-state index >= 15 is 0 Å². The minimum Gasteiger partial charge on any atom is -0.435 e. The number of carbonyl (C=O) groups is 2. The van der Waals surface area contributed by atoms with Crippen LogP contribution in [0.15, 0.2) is 11.2 Å². The Morgan fingerprint density at radius 2 is 2.08 bits per heavy atom. The topological polar surface area (TPSA) is 77.5 Å². The van der Waals surface area contributed by atoms with Gasteiger partial charge in [-0.05, 0) is 0 Å². The van der Waals surface area contributed by atoms with Crippen LogP contribution in [0.5, 0.6) is 0 Å². The molecule has 0 saturated carbocycles. The van der Waals surface area contributed by atoms with Gasteiger partial charge in [0, 0.05) is 6.42 Å². The molecule has 0 atom stereocenters. The fourth-order valence-electron chi connectivity index (χ4n) is 0.862. The molecule has 1 fully saturated rings. The molecule has 0 unspecified atom stereocenters. The second-order valence-electron chi connectivity index (χ2n) is 2.21. The molecule has 1 aliphatic rings. The molecule has 1 saturated heterocycles. The first-order chi connectivity index (χ1) is 5.58. The third-order valence-electron chi connectivity index (χ3n) is 1.44. The molecule has 0 N–H and O–H groups in total. The van der Waals surface area contributed by atoms with Gasteiger partial charge in [-0.15, -0.1) is 0 Å². The van der Waals surface area contributed by atoms with E-state index in [1.54, 1.807) is 0 Å². The summed E-state index contributed by atoms with van der Waals surface area (Å²) >= 11 is 0. The lowest BCUT2D eigenvalue weighted by Crippen LogP contribution is -2.02. The average molecular weight is 190 g/mol. The van der Waals surface area contributed by atoms with Crippen molar-refractivity contribution in [3.05, 3.63) is 11.2 Å². The first-order valence-corrected chi connectivity index (χ1v) is 4.78. The van der Waals surface area contributed by atoms with Gasteiger partial charge in [-0.2, -0.15) is 0 Å². The van der Waals surface area contributed by atoms with E-state index in [4.69, 9.17) is 0 Å². The maximum absolute atomic E-state index is 11.0. The van der Waals surface area contributed by atoms with Crippen molar-refractivity contribution in [2.45, 2.75) is 6.42 Å². The van der Waals surface area contributed by atoms with E-state index in [-0.39, 0.29) is 18.6 Å². The smallest absolute Gasteiger partial charge is 0.297 e. The number of rotatable bonds is 2. The van der Waals surface area contributed by atoms with Crippen molar-refractivity contribution in [2.75, 3.05) is 5.75 Å². The zero-order valence-electron chi connectivity index (χ0n) is 6.02. The minimum absolute atomic E-state index is 0.0314. The lowest BCUT2D eigenvalue weighted by molar-refractivity contribution is -0.123. The number of hydrogen-bond donors (Lipinski definition) is 0. The lowest BCUT2D eigenvalue weighted by Gasteiger charge is -1.92. The largest absolute Gasteiger partial charge is 0.435 e. The van der Waals surface area contributed by atoms with Gasteiger partial charge < -0.3 is 4.74 Å². The van der Waals surface area contributed by atoms with Crippen LogP contribution >= 0.6 is 0 Å². The van der Waals surface area contributed by atoms with Crippen LogP contribution in [-0.2, 0) is 24.2 Å². The standard InChI is InChI=1S/C6H6O5S/c7-4-11-3-6-5(8)1-2-12(6,9)10/h3-4H,1-2H2/b6-3-. The molecule has 5 nitrogen and oxygen atoms in total. The number of sulfone groups is 1. The lowest BCUT2D eigenvalue weighted by atomic mass is 10.3. The predicted molar refractivity (Wildman–Crippen MR) is 38.6 cm³/mol. The monoisotopic (exact) mass is 190 g/mol. The summed E-state index contributed by atoms with van der Waals surface area (Å²) in [5.74, 6) is -0.697. The van der Waals surface area contributed by atoms with Gasteiger partial charge in [-0.1, -0.05) is 0 Å². The third kappa shape index (κ3) is 1.53. The Kier molecular flexibility index (Phi) is 2.27. The van der Waals surface area contributed by atoms with Crippen LogP contribution < -0.4 is 0 Å². The number of carbonyl (C=O) groups excluding carboxylic acids is 2.